The first-order valence-electron chi connectivity index (χ1n) is 14.5. The smallest absolute Gasteiger partial charge is 0.119 e. The highest BCUT2D eigenvalue weighted by Crippen LogP contribution is 2.35. The topological polar surface area (TPSA) is 72.0 Å². The largest absolute Gasteiger partial charge is 0.382 e. The fourth-order valence-corrected chi connectivity index (χ4v) is 5.75. The van der Waals surface area contributed by atoms with Crippen LogP contribution in [0.5, 0.6) is 0 Å². The normalized spacial score (nSPS) is 14.5. The van der Waals surface area contributed by atoms with Gasteiger partial charge in [0.15, 0.2) is 0 Å². The number of rotatable bonds is 7. The van der Waals surface area contributed by atoms with Crippen LogP contribution in [0.4, 0.5) is 0 Å². The Hall–Kier alpha value is -3.13. The van der Waals surface area contributed by atoms with Crippen LogP contribution in [0.1, 0.15) is 110 Å². The predicted octanol–water partition coefficient (Wildman–Crippen LogP) is 8.89. The molecule has 0 aliphatic rings. The van der Waals surface area contributed by atoms with Crippen molar-refractivity contribution in [2.24, 2.45) is 0 Å². The third-order valence-corrected chi connectivity index (χ3v) is 8.78. The van der Waals surface area contributed by atoms with Gasteiger partial charge in [-0.3, -0.25) is 0 Å². The molecule has 2 heterocycles. The third kappa shape index (κ3) is 6.59. The SMILES string of the molecule is CC(C)(C)c1ccc(C(O)c2ccc(C(c3ccc(I)cc3)c3ccc(C(O)c4ccc(C(C)(C)C)cc4)[nH]3)[nH]2)cc1. The second-order valence-corrected chi connectivity index (χ2v) is 14.5. The van der Waals surface area contributed by atoms with E-state index in [4.69, 9.17) is 0 Å². The lowest BCUT2D eigenvalue weighted by atomic mass is 9.86. The van der Waals surface area contributed by atoms with E-state index in [0.717, 1.165) is 43.0 Å². The fraction of sp³-hybridized carbons (Fsp3) is 0.297. The molecule has 3 aromatic carbocycles. The molecule has 0 radical (unpaired) electrons. The molecule has 0 saturated heterocycles. The van der Waals surface area contributed by atoms with E-state index in [-0.39, 0.29) is 16.7 Å². The number of H-pyrrole nitrogens is 2. The monoisotopic (exact) mass is 672 g/mol. The molecular formula is C37H41IN2O2. The number of benzene rings is 3. The van der Waals surface area contributed by atoms with Crippen molar-refractivity contribution in [3.8, 4) is 0 Å². The summed E-state index contributed by atoms with van der Waals surface area (Å²) < 4.78 is 1.16. The number of nitrogens with one attached hydrogen (secondary N) is 2. The van der Waals surface area contributed by atoms with Crippen molar-refractivity contribution in [2.75, 3.05) is 0 Å². The summed E-state index contributed by atoms with van der Waals surface area (Å²) in [4.78, 5) is 7.05. The maximum Gasteiger partial charge on any atom is 0.119 e. The van der Waals surface area contributed by atoms with Crippen LogP contribution in [0.3, 0.4) is 0 Å². The molecule has 218 valence electrons. The molecule has 42 heavy (non-hydrogen) atoms. The van der Waals surface area contributed by atoms with E-state index in [1.165, 1.54) is 11.1 Å². The summed E-state index contributed by atoms with van der Waals surface area (Å²) in [6.07, 6.45) is -1.52. The molecule has 2 aromatic heterocycles. The predicted molar refractivity (Wildman–Crippen MR) is 180 cm³/mol. The molecule has 4 nitrogen and oxygen atoms in total. The van der Waals surface area contributed by atoms with E-state index in [9.17, 15) is 10.2 Å². The lowest BCUT2D eigenvalue weighted by molar-refractivity contribution is 0.215. The van der Waals surface area contributed by atoms with Gasteiger partial charge in [0.25, 0.3) is 0 Å². The zero-order valence-corrected chi connectivity index (χ0v) is 27.4. The number of hydrogen-bond acceptors (Lipinski definition) is 2. The van der Waals surface area contributed by atoms with Crippen molar-refractivity contribution in [3.63, 3.8) is 0 Å². The summed E-state index contributed by atoms with van der Waals surface area (Å²) in [5, 5.41) is 22.5. The lowest BCUT2D eigenvalue weighted by Gasteiger charge is -2.20. The Morgan fingerprint density at radius 1 is 0.476 bits per heavy atom. The minimum absolute atomic E-state index is 0.0577. The van der Waals surface area contributed by atoms with Crippen molar-refractivity contribution in [1.82, 2.24) is 9.97 Å². The molecule has 0 amide bonds. The van der Waals surface area contributed by atoms with Gasteiger partial charge in [0.05, 0.1) is 5.92 Å². The molecular weight excluding hydrogens is 631 g/mol. The summed E-state index contributed by atoms with van der Waals surface area (Å²) in [6, 6.07) is 32.9. The van der Waals surface area contributed by atoms with Gasteiger partial charge >= 0.3 is 0 Å². The molecule has 0 spiro atoms. The van der Waals surface area contributed by atoms with Crippen LogP contribution >= 0.6 is 22.6 Å². The van der Waals surface area contributed by atoms with Gasteiger partial charge < -0.3 is 20.2 Å². The van der Waals surface area contributed by atoms with Crippen LogP contribution in [0.2, 0.25) is 0 Å². The lowest BCUT2D eigenvalue weighted by Crippen LogP contribution is -2.11. The summed E-state index contributed by atoms with van der Waals surface area (Å²) in [7, 11) is 0. The van der Waals surface area contributed by atoms with Crippen LogP contribution in [-0.2, 0) is 10.8 Å². The highest BCUT2D eigenvalue weighted by molar-refractivity contribution is 14.1. The summed E-state index contributed by atoms with van der Waals surface area (Å²) in [6.45, 7) is 13.1. The van der Waals surface area contributed by atoms with Crippen LogP contribution < -0.4 is 0 Å². The van der Waals surface area contributed by atoms with Crippen LogP contribution in [0, 0.1) is 3.57 Å². The average Bonchev–Trinajstić information content (AvgIpc) is 3.64. The Morgan fingerprint density at radius 3 is 1.17 bits per heavy atom. The molecule has 5 rings (SSSR count). The molecule has 5 heteroatoms. The number of hydrogen-bond donors (Lipinski definition) is 4. The Bertz CT molecular complexity index is 1510. The first kappa shape index (κ1) is 30.3. The van der Waals surface area contributed by atoms with Crippen molar-refractivity contribution < 1.29 is 10.2 Å². The minimum atomic E-state index is -0.762. The van der Waals surface area contributed by atoms with Gasteiger partial charge in [0.2, 0.25) is 0 Å². The Balaban J connectivity index is 1.45. The summed E-state index contributed by atoms with van der Waals surface area (Å²) >= 11 is 2.32. The van der Waals surface area contributed by atoms with Gasteiger partial charge in [0.1, 0.15) is 12.2 Å². The van der Waals surface area contributed by atoms with E-state index in [2.05, 4.69) is 123 Å². The summed E-state index contributed by atoms with van der Waals surface area (Å²) in [5.41, 5.74) is 8.83. The quantitative estimate of drug-likeness (QED) is 0.131. The van der Waals surface area contributed by atoms with Crippen molar-refractivity contribution >= 4 is 22.6 Å². The number of aromatic amines is 2. The van der Waals surface area contributed by atoms with E-state index in [1.54, 1.807) is 0 Å². The molecule has 2 atom stereocenters. The van der Waals surface area contributed by atoms with Gasteiger partial charge in [-0.1, -0.05) is 102 Å². The molecule has 0 bridgehead atoms. The third-order valence-electron chi connectivity index (χ3n) is 8.06. The molecule has 0 fully saturated rings. The maximum atomic E-state index is 11.3. The van der Waals surface area contributed by atoms with Gasteiger partial charge in [0, 0.05) is 26.3 Å². The molecule has 0 aliphatic heterocycles. The first-order chi connectivity index (χ1) is 19.8. The maximum absolute atomic E-state index is 11.3. The zero-order valence-electron chi connectivity index (χ0n) is 25.2. The molecule has 5 aromatic rings. The highest BCUT2D eigenvalue weighted by atomic mass is 127. The van der Waals surface area contributed by atoms with E-state index >= 15 is 0 Å². The number of aromatic nitrogens is 2. The number of aliphatic hydroxyl groups is 2. The second-order valence-electron chi connectivity index (χ2n) is 13.3. The van der Waals surface area contributed by atoms with E-state index in [1.807, 2.05) is 48.5 Å². The van der Waals surface area contributed by atoms with E-state index in [0.29, 0.717) is 0 Å². The van der Waals surface area contributed by atoms with Crippen molar-refractivity contribution in [2.45, 2.75) is 70.5 Å². The first-order valence-corrected chi connectivity index (χ1v) is 15.6. The van der Waals surface area contributed by atoms with E-state index < -0.39 is 12.2 Å². The molecule has 0 aliphatic carbocycles. The molecule has 4 N–H and O–H groups in total. The summed E-state index contributed by atoms with van der Waals surface area (Å²) in [5.74, 6) is -0.129. The Labute approximate surface area is 263 Å². The molecule has 2 unspecified atom stereocenters. The Morgan fingerprint density at radius 2 is 0.810 bits per heavy atom. The number of halogens is 1. The Kier molecular flexibility index (Phi) is 8.57. The van der Waals surface area contributed by atoms with Gasteiger partial charge in [-0.05, 0) is 97.6 Å². The molecule has 0 saturated carbocycles. The van der Waals surface area contributed by atoms with Crippen molar-refractivity contribution in [1.29, 1.82) is 0 Å². The van der Waals surface area contributed by atoms with Crippen LogP contribution in [0.25, 0.3) is 0 Å². The van der Waals surface area contributed by atoms with Gasteiger partial charge in [-0.2, -0.15) is 0 Å². The standard InChI is InChI=1S/C37H41IN2O2/c1-36(2,3)26-13-7-24(8-14-26)34(41)31-21-19-29(39-31)33(23-11-17-28(38)18-12-23)30-20-22-32(40-30)35(42)25-9-15-27(16-10-25)37(4,5)6/h7-22,33-35,39-42H,1-6H3. The van der Waals surface area contributed by atoms with Gasteiger partial charge in [-0.15, -0.1) is 0 Å². The average molecular weight is 673 g/mol. The highest BCUT2D eigenvalue weighted by Gasteiger charge is 2.24. The zero-order chi connectivity index (χ0) is 30.2. The fourth-order valence-electron chi connectivity index (χ4n) is 5.39. The van der Waals surface area contributed by atoms with Crippen LogP contribution in [0.15, 0.2) is 97.1 Å². The van der Waals surface area contributed by atoms with Crippen LogP contribution in [-0.4, -0.2) is 20.2 Å². The minimum Gasteiger partial charge on any atom is -0.382 e. The number of aliphatic hydroxyl groups excluding tert-OH is 2. The van der Waals surface area contributed by atoms with Gasteiger partial charge in [-0.25, -0.2) is 0 Å². The van der Waals surface area contributed by atoms with Crippen molar-refractivity contribution in [3.05, 3.63) is 151 Å². The second kappa shape index (κ2) is 11.9.